The first-order chi connectivity index (χ1) is 11.9. The topological polar surface area (TPSA) is 61.8 Å². The third-order valence-corrected chi connectivity index (χ3v) is 5.29. The summed E-state index contributed by atoms with van der Waals surface area (Å²) in [6.07, 6.45) is 1.72. The summed E-state index contributed by atoms with van der Waals surface area (Å²) < 4.78 is 5.80. The number of amides is 1. The summed E-state index contributed by atoms with van der Waals surface area (Å²) in [7, 11) is 0. The smallest absolute Gasteiger partial charge is 0.251 e. The van der Waals surface area contributed by atoms with Crippen LogP contribution in [0.3, 0.4) is 0 Å². The fourth-order valence-corrected chi connectivity index (χ4v) is 3.76. The predicted molar refractivity (Wildman–Crippen MR) is 97.8 cm³/mol. The highest BCUT2D eigenvalue weighted by Crippen LogP contribution is 2.25. The molecule has 3 atom stereocenters. The van der Waals surface area contributed by atoms with Crippen molar-refractivity contribution in [3.63, 3.8) is 0 Å². The molecule has 0 radical (unpaired) electrons. The Morgan fingerprint density at radius 1 is 1.28 bits per heavy atom. The van der Waals surface area contributed by atoms with Gasteiger partial charge < -0.3 is 15.2 Å². The number of nitrogens with zero attached hydrogens (tertiary/aromatic N) is 1. The van der Waals surface area contributed by atoms with E-state index < -0.39 is 0 Å². The number of carbonyl (C=O) groups excluding carboxylic acids is 1. The second-order valence-electron chi connectivity index (χ2n) is 8.31. The molecule has 1 aromatic rings. The normalized spacial score (nSPS) is 27.1. The van der Waals surface area contributed by atoms with Crippen LogP contribution in [0.1, 0.15) is 49.5 Å². The van der Waals surface area contributed by atoms with Gasteiger partial charge in [-0.05, 0) is 36.0 Å². The van der Waals surface area contributed by atoms with Crippen molar-refractivity contribution < 1.29 is 14.6 Å². The van der Waals surface area contributed by atoms with Crippen LogP contribution in [0, 0.1) is 0 Å². The van der Waals surface area contributed by atoms with Crippen LogP contribution in [0.2, 0.25) is 0 Å². The highest BCUT2D eigenvalue weighted by molar-refractivity contribution is 5.94. The van der Waals surface area contributed by atoms with E-state index in [4.69, 9.17) is 9.84 Å². The Morgan fingerprint density at radius 3 is 2.64 bits per heavy atom. The average molecular weight is 346 g/mol. The molecule has 2 heterocycles. The van der Waals surface area contributed by atoms with E-state index in [9.17, 15) is 4.79 Å². The van der Waals surface area contributed by atoms with Crippen LogP contribution in [-0.2, 0) is 10.2 Å². The minimum absolute atomic E-state index is 0.00173. The summed E-state index contributed by atoms with van der Waals surface area (Å²) in [5, 5.41) is 12.2. The molecule has 0 saturated carbocycles. The highest BCUT2D eigenvalue weighted by Gasteiger charge is 2.37. The summed E-state index contributed by atoms with van der Waals surface area (Å²) in [4.78, 5) is 14.9. The van der Waals surface area contributed by atoms with E-state index >= 15 is 0 Å². The van der Waals surface area contributed by atoms with Gasteiger partial charge in [-0.15, -0.1) is 0 Å². The van der Waals surface area contributed by atoms with E-state index in [1.165, 1.54) is 5.56 Å². The van der Waals surface area contributed by atoms with Crippen molar-refractivity contribution in [2.45, 2.75) is 57.2 Å². The maximum Gasteiger partial charge on any atom is 0.251 e. The quantitative estimate of drug-likeness (QED) is 0.875. The molecular formula is C20H30N2O3. The monoisotopic (exact) mass is 346 g/mol. The van der Waals surface area contributed by atoms with Crippen molar-refractivity contribution in [1.29, 1.82) is 0 Å². The van der Waals surface area contributed by atoms with Gasteiger partial charge in [0.2, 0.25) is 0 Å². The van der Waals surface area contributed by atoms with E-state index in [-0.39, 0.29) is 30.1 Å². The lowest BCUT2D eigenvalue weighted by Crippen LogP contribution is -2.46. The maximum absolute atomic E-state index is 12.5. The number of hydrogen-bond acceptors (Lipinski definition) is 4. The van der Waals surface area contributed by atoms with Crippen LogP contribution in [0.25, 0.3) is 0 Å². The number of aliphatic hydroxyl groups excluding tert-OH is 1. The Hall–Kier alpha value is -1.43. The van der Waals surface area contributed by atoms with Crippen molar-refractivity contribution in [3.05, 3.63) is 35.4 Å². The summed E-state index contributed by atoms with van der Waals surface area (Å²) in [5.41, 5.74) is 2.04. The number of carbonyl (C=O) groups is 1. The molecule has 3 rings (SSSR count). The Kier molecular flexibility index (Phi) is 5.46. The molecular weight excluding hydrogens is 316 g/mol. The largest absolute Gasteiger partial charge is 0.396 e. The number of fused-ring (bicyclic) bond motifs is 1. The van der Waals surface area contributed by atoms with Crippen molar-refractivity contribution >= 4 is 5.91 Å². The first-order valence-electron chi connectivity index (χ1n) is 9.24. The molecule has 5 heteroatoms. The van der Waals surface area contributed by atoms with Gasteiger partial charge >= 0.3 is 0 Å². The van der Waals surface area contributed by atoms with Crippen LogP contribution in [0.15, 0.2) is 24.3 Å². The van der Waals surface area contributed by atoms with Crippen molar-refractivity contribution in [2.75, 3.05) is 26.3 Å². The summed E-state index contributed by atoms with van der Waals surface area (Å²) >= 11 is 0. The van der Waals surface area contributed by atoms with Gasteiger partial charge in [0.1, 0.15) is 0 Å². The van der Waals surface area contributed by atoms with Crippen molar-refractivity contribution in [2.24, 2.45) is 0 Å². The lowest BCUT2D eigenvalue weighted by Gasteiger charge is -2.34. The molecule has 0 aromatic heterocycles. The first kappa shape index (κ1) is 18.4. The fraction of sp³-hybridized carbons (Fsp3) is 0.650. The minimum Gasteiger partial charge on any atom is -0.396 e. The van der Waals surface area contributed by atoms with Gasteiger partial charge in [-0.3, -0.25) is 9.69 Å². The van der Waals surface area contributed by atoms with E-state index in [0.717, 1.165) is 19.5 Å². The molecule has 1 aromatic carbocycles. The van der Waals surface area contributed by atoms with Gasteiger partial charge in [-0.1, -0.05) is 32.9 Å². The lowest BCUT2D eigenvalue weighted by atomic mass is 9.86. The van der Waals surface area contributed by atoms with E-state index in [1.54, 1.807) is 0 Å². The van der Waals surface area contributed by atoms with Gasteiger partial charge in [0.25, 0.3) is 5.91 Å². The van der Waals surface area contributed by atoms with Gasteiger partial charge in [0.15, 0.2) is 0 Å². The van der Waals surface area contributed by atoms with Crippen LogP contribution >= 0.6 is 0 Å². The van der Waals surface area contributed by atoms with Gasteiger partial charge in [0.05, 0.1) is 12.7 Å². The predicted octanol–water partition coefficient (Wildman–Crippen LogP) is 1.94. The highest BCUT2D eigenvalue weighted by atomic mass is 16.5. The number of morpholine rings is 1. The number of benzene rings is 1. The Labute approximate surface area is 150 Å². The molecule has 25 heavy (non-hydrogen) atoms. The zero-order valence-electron chi connectivity index (χ0n) is 15.5. The van der Waals surface area contributed by atoms with E-state index in [2.05, 4.69) is 31.0 Å². The zero-order chi connectivity index (χ0) is 18.0. The van der Waals surface area contributed by atoms with Crippen LogP contribution in [-0.4, -0.2) is 60.4 Å². The molecule has 0 aliphatic carbocycles. The number of ether oxygens (including phenoxy) is 1. The third-order valence-electron chi connectivity index (χ3n) is 5.29. The van der Waals surface area contributed by atoms with Gasteiger partial charge in [-0.25, -0.2) is 0 Å². The summed E-state index contributed by atoms with van der Waals surface area (Å²) in [6.45, 7) is 9.07. The second-order valence-corrected chi connectivity index (χ2v) is 8.31. The maximum atomic E-state index is 12.5. The average Bonchev–Trinajstić information content (AvgIpc) is 2.96. The summed E-state index contributed by atoms with van der Waals surface area (Å²) in [5.74, 6) is -0.00173. The van der Waals surface area contributed by atoms with Crippen molar-refractivity contribution in [3.8, 4) is 0 Å². The molecule has 2 saturated heterocycles. The Morgan fingerprint density at radius 2 is 2.00 bits per heavy atom. The first-order valence-corrected chi connectivity index (χ1v) is 9.24. The fourth-order valence-electron chi connectivity index (χ4n) is 3.76. The number of aliphatic hydroxyl groups is 1. The molecule has 0 unspecified atom stereocenters. The summed E-state index contributed by atoms with van der Waals surface area (Å²) in [6, 6.07) is 8.46. The van der Waals surface area contributed by atoms with Crippen LogP contribution in [0.4, 0.5) is 0 Å². The SMILES string of the molecule is CC(C)(C)c1ccc(C(=O)N[C@@H]2C[C@H]3CO[C@@H](CCO)CN3C2)cc1. The van der Waals surface area contributed by atoms with E-state index in [1.807, 2.05) is 24.3 Å². The Bertz CT molecular complexity index is 594. The third kappa shape index (κ3) is 4.40. The molecule has 5 nitrogen and oxygen atoms in total. The number of rotatable bonds is 4. The van der Waals surface area contributed by atoms with Crippen molar-refractivity contribution in [1.82, 2.24) is 10.2 Å². The number of nitrogens with one attached hydrogen (secondary N) is 1. The molecule has 0 bridgehead atoms. The van der Waals surface area contributed by atoms with Crippen LogP contribution < -0.4 is 5.32 Å². The number of hydrogen-bond donors (Lipinski definition) is 2. The van der Waals surface area contributed by atoms with E-state index in [0.29, 0.717) is 24.6 Å². The lowest BCUT2D eigenvalue weighted by molar-refractivity contribution is -0.0566. The molecule has 138 valence electrons. The van der Waals surface area contributed by atoms with Gasteiger partial charge in [0, 0.05) is 37.3 Å². The standard InChI is InChI=1S/C20H30N2O3/c1-20(2,3)15-6-4-14(5-7-15)19(24)21-16-10-17-13-25-18(8-9-23)12-22(17)11-16/h4-7,16-18,23H,8-13H2,1-3H3,(H,21,24)/t16-,17+,18+/m1/s1. The molecule has 0 spiro atoms. The molecule has 2 aliphatic heterocycles. The van der Waals surface area contributed by atoms with Crippen LogP contribution in [0.5, 0.6) is 0 Å². The minimum atomic E-state index is -0.00173. The zero-order valence-corrected chi connectivity index (χ0v) is 15.5. The molecule has 2 aliphatic rings. The molecule has 2 fully saturated rings. The van der Waals surface area contributed by atoms with Gasteiger partial charge in [-0.2, -0.15) is 0 Å². The molecule has 1 amide bonds. The molecule has 2 N–H and O–H groups in total. The second kappa shape index (κ2) is 7.44. The Balaban J connectivity index is 1.55.